The smallest absolute Gasteiger partial charge is 0.307 e. The maximum Gasteiger partial charge on any atom is 0.307 e. The van der Waals surface area contributed by atoms with E-state index >= 15 is 0 Å². The Kier molecular flexibility index (Phi) is 31.9. The molecule has 2 N–H and O–H groups in total. The van der Waals surface area contributed by atoms with Gasteiger partial charge in [0.25, 0.3) is 0 Å². The first kappa shape index (κ1) is 70.0. The highest BCUT2D eigenvalue weighted by Crippen LogP contribution is 2.72. The minimum Gasteiger partial charge on any atom is -0.462 e. The fourth-order valence-electron chi connectivity index (χ4n) is 12.8. The van der Waals surface area contributed by atoms with E-state index in [9.17, 15) is 9.59 Å². The zero-order valence-corrected chi connectivity index (χ0v) is 51.1. The molecule has 0 aromatic heterocycles. The Bertz CT molecular complexity index is 1920. The molecule has 6 rings (SSSR count). The van der Waals surface area contributed by atoms with Gasteiger partial charge in [0.1, 0.15) is 18.1 Å². The molecule has 5 aliphatic rings. The van der Waals surface area contributed by atoms with Gasteiger partial charge in [-0.25, -0.2) is 0 Å². The summed E-state index contributed by atoms with van der Waals surface area (Å²) in [6, 6.07) is 7.92. The molecular formula is C64H107Cl2NO6. The lowest BCUT2D eigenvalue weighted by Crippen LogP contribution is -2.60. The van der Waals surface area contributed by atoms with E-state index in [2.05, 4.69) is 103 Å². The normalized spacial score (nSPS) is 28.0. The van der Waals surface area contributed by atoms with Crippen LogP contribution in [0.15, 0.2) is 89.2 Å². The summed E-state index contributed by atoms with van der Waals surface area (Å²) in [5.74, 6) is 4.78. The molecule has 73 heavy (non-hydrogen) atoms. The minimum atomic E-state index is -0.679. The van der Waals surface area contributed by atoms with E-state index in [1.165, 1.54) is 64.2 Å². The minimum absolute atomic E-state index is 0.0508. The van der Waals surface area contributed by atoms with Crippen LogP contribution >= 0.6 is 23.2 Å². The molecule has 0 spiro atoms. The molecule has 0 saturated heterocycles. The summed E-state index contributed by atoms with van der Waals surface area (Å²) in [6.07, 6.45) is 22.3. The third-order valence-corrected chi connectivity index (χ3v) is 16.4. The van der Waals surface area contributed by atoms with Crippen LogP contribution in [0, 0.1) is 62.6 Å². The largest absolute Gasteiger partial charge is 0.462 e. The molecule has 9 heteroatoms. The fraction of sp³-hybridized carbons (Fsp3) is 0.703. The van der Waals surface area contributed by atoms with Gasteiger partial charge in [-0.15, -0.1) is 6.58 Å². The number of esters is 1. The van der Waals surface area contributed by atoms with E-state index < -0.39 is 5.41 Å². The molecule has 418 valence electrons. The van der Waals surface area contributed by atoms with Crippen molar-refractivity contribution in [3.05, 3.63) is 94.8 Å². The molecule has 7 nitrogen and oxygen atoms in total. The van der Waals surface area contributed by atoms with Crippen molar-refractivity contribution in [3.63, 3.8) is 0 Å². The number of carbonyl (C=O) groups is 2. The lowest BCUT2D eigenvalue weighted by molar-refractivity contribution is -0.191. The van der Waals surface area contributed by atoms with E-state index in [1.54, 1.807) is 23.3 Å². The molecule has 5 aliphatic carbocycles. The van der Waals surface area contributed by atoms with E-state index in [4.69, 9.17) is 47.9 Å². The van der Waals surface area contributed by atoms with Gasteiger partial charge in [0.2, 0.25) is 0 Å². The Morgan fingerprint density at radius 2 is 1.40 bits per heavy atom. The molecule has 4 fully saturated rings. The molecule has 4 saturated carbocycles. The molecule has 9 atom stereocenters. The van der Waals surface area contributed by atoms with Crippen molar-refractivity contribution in [2.45, 2.75) is 206 Å². The van der Waals surface area contributed by atoms with Crippen LogP contribution in [0.5, 0.6) is 0 Å². The van der Waals surface area contributed by atoms with E-state index in [0.717, 1.165) is 67.0 Å². The molecule has 0 amide bonds. The summed E-state index contributed by atoms with van der Waals surface area (Å²) in [7, 11) is 3.88. The fourth-order valence-corrected chi connectivity index (χ4v) is 13.0. The van der Waals surface area contributed by atoms with Crippen LogP contribution in [0.1, 0.15) is 199 Å². The van der Waals surface area contributed by atoms with Gasteiger partial charge >= 0.3 is 5.97 Å². The number of aldehydes is 1. The molecular weight excluding hydrogens is 950 g/mol. The van der Waals surface area contributed by atoms with Crippen LogP contribution in [0.4, 0.5) is 0 Å². The predicted molar refractivity (Wildman–Crippen MR) is 315 cm³/mol. The van der Waals surface area contributed by atoms with Gasteiger partial charge in [-0.3, -0.25) is 9.79 Å². The lowest BCUT2D eigenvalue weighted by Gasteiger charge is -2.67. The molecule has 9 unspecified atom stereocenters. The maximum atomic E-state index is 12.9. The number of hydrogen-bond acceptors (Lipinski definition) is 7. The Morgan fingerprint density at radius 1 is 0.877 bits per heavy atom. The zero-order valence-electron chi connectivity index (χ0n) is 49.6. The average molecular weight is 1060 g/mol. The molecule has 0 heterocycles. The predicted octanol–water partition coefficient (Wildman–Crippen LogP) is 18.0. The number of benzene rings is 1. The highest BCUT2D eigenvalue weighted by atomic mass is 35.5. The number of nitrogens with zero attached hydrogens (tertiary/aromatic N) is 1. The first-order valence-electron chi connectivity index (χ1n) is 27.6. The molecule has 1 aromatic carbocycles. The van der Waals surface area contributed by atoms with Gasteiger partial charge in [0, 0.05) is 55.0 Å². The van der Waals surface area contributed by atoms with Crippen molar-refractivity contribution in [1.82, 2.24) is 0 Å². The van der Waals surface area contributed by atoms with Crippen molar-refractivity contribution in [3.8, 4) is 0 Å². The topological polar surface area (TPSA) is 105 Å². The van der Waals surface area contributed by atoms with Crippen LogP contribution in [0.25, 0.3) is 0 Å². The van der Waals surface area contributed by atoms with Gasteiger partial charge in [0.15, 0.2) is 5.90 Å². The number of rotatable bonds is 11. The van der Waals surface area contributed by atoms with Crippen LogP contribution in [0.2, 0.25) is 5.02 Å². The number of hydrogen-bond donors (Lipinski definition) is 2. The summed E-state index contributed by atoms with van der Waals surface area (Å²) in [5, 5.41) is 15.5. The van der Waals surface area contributed by atoms with Crippen LogP contribution in [-0.4, -0.2) is 55.7 Å². The van der Waals surface area contributed by atoms with Gasteiger partial charge in [-0.05, 0) is 147 Å². The van der Waals surface area contributed by atoms with Crippen molar-refractivity contribution in [1.29, 1.82) is 0 Å². The Hall–Kier alpha value is -2.97. The van der Waals surface area contributed by atoms with E-state index in [0.29, 0.717) is 52.8 Å². The summed E-state index contributed by atoms with van der Waals surface area (Å²) in [5.41, 5.74) is 4.95. The number of halogens is 2. The number of carbonyl (C=O) groups excluding carboxylic acids is 2. The Labute approximate surface area is 458 Å². The summed E-state index contributed by atoms with van der Waals surface area (Å²) >= 11 is 11.5. The van der Waals surface area contributed by atoms with Crippen LogP contribution in [0.3, 0.4) is 0 Å². The quantitative estimate of drug-likeness (QED) is 0.0435. The van der Waals surface area contributed by atoms with Crippen molar-refractivity contribution >= 4 is 41.4 Å². The van der Waals surface area contributed by atoms with Gasteiger partial charge in [0.05, 0.1) is 6.42 Å². The number of aliphatic hydroxyl groups excluding tert-OH is 2. The second-order valence-electron chi connectivity index (χ2n) is 23.8. The first-order valence-corrected chi connectivity index (χ1v) is 28.4. The molecule has 0 aliphatic heterocycles. The number of allylic oxidation sites excluding steroid dienone is 7. The number of fused-ring (bicyclic) bond motifs is 7. The number of ether oxygens (including phenoxy) is 2. The first-order chi connectivity index (χ1) is 34.2. The number of aliphatic hydroxyl groups is 2. The van der Waals surface area contributed by atoms with E-state index in [1.807, 2.05) is 58.2 Å². The third kappa shape index (κ3) is 20.5. The zero-order chi connectivity index (χ0) is 56.5. The lowest BCUT2D eigenvalue weighted by atomic mass is 9.38. The summed E-state index contributed by atoms with van der Waals surface area (Å²) in [6.45, 7) is 44.1. The highest BCUT2D eigenvalue weighted by Gasteiger charge is 2.64. The molecule has 0 radical (unpaired) electrons. The van der Waals surface area contributed by atoms with Crippen molar-refractivity contribution in [2.75, 3.05) is 21.3 Å². The van der Waals surface area contributed by atoms with Gasteiger partial charge in [-0.2, -0.15) is 0 Å². The SMILES string of the molecule is C=C(Cc1ccc(Cl)cc1)OC(CC12CCC(C(C)C)=C1C1CCC3C(C)(CCC4C(C)C(OC(=O)CC(C)(C)C=O)CCC43C)C1CC2)=NC.C=C/C=C(\C)Cl.C=CC(C)(C)C.CCC.CCC.CO.CO. The van der Waals surface area contributed by atoms with Crippen LogP contribution < -0.4 is 0 Å². The monoisotopic (exact) mass is 1060 g/mol. The summed E-state index contributed by atoms with van der Waals surface area (Å²) in [4.78, 5) is 29.1. The van der Waals surface area contributed by atoms with Gasteiger partial charge in [-0.1, -0.05) is 182 Å². The van der Waals surface area contributed by atoms with E-state index in [-0.39, 0.29) is 29.3 Å². The highest BCUT2D eigenvalue weighted by molar-refractivity contribution is 6.30. The standard InChI is InChI=1S/C45H64ClNO4.C6H12.C5H7Cl.2C3H8.2CH4O/c1-28(2)33-16-22-45(25-39(47-9)50-29(3)24-31-10-12-32(46)13-11-31)23-18-36-34(41(33)45)14-15-38-43(7)21-19-37(51-40(49)26-42(5,6)27-48)30(4)35(43)17-20-44(36,38)8;1-5-6(2,3)4;1-3-4-5(2)6;2*1-3-2;2*1-2/h10-13,27-28,30,34-38H,3,14-26H2,1-2,4-9H3;5H,1H2,2-4H3;3-4H,1H2,2H3;2*3H2,1-2H3;2*2H,1H3/b;;5-4+;;;;. The third-order valence-electron chi connectivity index (χ3n) is 16.0. The number of aliphatic imine (C=N–C) groups is 1. The maximum absolute atomic E-state index is 12.9. The molecule has 1 aromatic rings. The van der Waals surface area contributed by atoms with Gasteiger partial charge < -0.3 is 24.5 Å². The Morgan fingerprint density at radius 3 is 1.86 bits per heavy atom. The van der Waals surface area contributed by atoms with Crippen molar-refractivity contribution < 1.29 is 29.3 Å². The second kappa shape index (κ2) is 33.2. The summed E-state index contributed by atoms with van der Waals surface area (Å²) < 4.78 is 12.6. The second-order valence-corrected chi connectivity index (χ2v) is 24.9. The Balaban J connectivity index is 0.00000200. The molecule has 0 bridgehead atoms. The average Bonchev–Trinajstić information content (AvgIpc) is 3.72. The van der Waals surface area contributed by atoms with Crippen molar-refractivity contribution in [2.24, 2.45) is 67.6 Å². The van der Waals surface area contributed by atoms with Crippen LogP contribution in [-0.2, 0) is 25.5 Å².